The Bertz CT molecular complexity index is 762. The maximum atomic E-state index is 12.5. The molecule has 2 rings (SSSR count). The number of aromatic nitrogens is 2. The third kappa shape index (κ3) is 3.82. The summed E-state index contributed by atoms with van der Waals surface area (Å²) in [6.45, 7) is 11.8. The molecule has 0 amide bonds. The van der Waals surface area contributed by atoms with Crippen molar-refractivity contribution in [1.82, 2.24) is 9.78 Å². The summed E-state index contributed by atoms with van der Waals surface area (Å²) in [5.74, 6) is -0.0991. The zero-order valence-electron chi connectivity index (χ0n) is 14.0. The number of carbonyl (C=O) groups excluding carboxylic acids is 1. The summed E-state index contributed by atoms with van der Waals surface area (Å²) < 4.78 is 1.47. The molecule has 0 aliphatic rings. The Kier molecular flexibility index (Phi) is 5.26. The number of anilines is 1. The highest BCUT2D eigenvalue weighted by Crippen LogP contribution is 2.23. The first-order chi connectivity index (χ1) is 10.8. The molecule has 0 atom stereocenters. The number of nitrogens with one attached hydrogen (secondary N) is 1. The quantitative estimate of drug-likeness (QED) is 0.829. The smallest absolute Gasteiger partial charge is 0.266 e. The number of allylic oxidation sites excluding steroid dienone is 1. The van der Waals surface area contributed by atoms with Gasteiger partial charge in [0.2, 0.25) is 0 Å². The summed E-state index contributed by atoms with van der Waals surface area (Å²) in [5.41, 5.74) is 5.66. The lowest BCUT2D eigenvalue weighted by Crippen LogP contribution is -2.23. The van der Waals surface area contributed by atoms with Crippen LogP contribution in [0.5, 0.6) is 0 Å². The Balaban J connectivity index is 2.15. The molecular formula is C18H22ClN3O. The first-order valence-electron chi connectivity index (χ1n) is 7.53. The normalized spacial score (nSPS) is 10.7. The first-order valence-corrected chi connectivity index (χ1v) is 7.90. The Hall–Kier alpha value is -2.07. The van der Waals surface area contributed by atoms with E-state index >= 15 is 0 Å². The summed E-state index contributed by atoms with van der Waals surface area (Å²) in [6.07, 6.45) is 0.742. The first kappa shape index (κ1) is 17.3. The van der Waals surface area contributed by atoms with Crippen molar-refractivity contribution in [1.29, 1.82) is 0 Å². The molecule has 1 aromatic heterocycles. The van der Waals surface area contributed by atoms with Gasteiger partial charge < -0.3 is 5.32 Å². The van der Waals surface area contributed by atoms with Crippen LogP contribution in [-0.4, -0.2) is 22.2 Å². The number of nitrogens with zero attached hydrogens (tertiary/aromatic N) is 2. The van der Waals surface area contributed by atoms with Crippen molar-refractivity contribution >= 4 is 23.2 Å². The van der Waals surface area contributed by atoms with E-state index in [1.54, 1.807) is 0 Å². The molecule has 0 saturated heterocycles. The second-order valence-electron chi connectivity index (χ2n) is 5.85. The standard InChI is InChI=1S/C18H22ClN3O/c1-11(2)9-15-13(4)21-22(14(15)5)18(23)10-20-17-8-6-7-16(19)12(17)3/h6-8,20H,1,9-10H2,2-5H3. The maximum Gasteiger partial charge on any atom is 0.266 e. The van der Waals surface area contributed by atoms with E-state index in [1.165, 1.54) is 4.68 Å². The van der Waals surface area contributed by atoms with Crippen LogP contribution in [0.25, 0.3) is 0 Å². The molecule has 0 unspecified atom stereocenters. The summed E-state index contributed by atoms with van der Waals surface area (Å²) >= 11 is 6.09. The molecule has 2 aromatic rings. The van der Waals surface area contributed by atoms with Gasteiger partial charge in [-0.25, -0.2) is 4.68 Å². The van der Waals surface area contributed by atoms with Gasteiger partial charge in [-0.3, -0.25) is 4.79 Å². The van der Waals surface area contributed by atoms with Crippen LogP contribution in [0.15, 0.2) is 30.4 Å². The van der Waals surface area contributed by atoms with Crippen molar-refractivity contribution < 1.29 is 4.79 Å². The highest BCUT2D eigenvalue weighted by molar-refractivity contribution is 6.31. The number of rotatable bonds is 5. The van der Waals surface area contributed by atoms with E-state index in [9.17, 15) is 4.79 Å². The van der Waals surface area contributed by atoms with E-state index in [0.717, 1.165) is 40.2 Å². The third-order valence-corrected chi connectivity index (χ3v) is 4.26. The fourth-order valence-corrected chi connectivity index (χ4v) is 2.69. The summed E-state index contributed by atoms with van der Waals surface area (Å²) in [6, 6.07) is 5.59. The zero-order chi connectivity index (χ0) is 17.1. The van der Waals surface area contributed by atoms with Crippen molar-refractivity contribution in [2.45, 2.75) is 34.1 Å². The fourth-order valence-electron chi connectivity index (χ4n) is 2.52. The van der Waals surface area contributed by atoms with Crippen molar-refractivity contribution in [2.75, 3.05) is 11.9 Å². The lowest BCUT2D eigenvalue weighted by atomic mass is 10.1. The molecule has 1 aromatic carbocycles. The van der Waals surface area contributed by atoms with E-state index in [-0.39, 0.29) is 12.5 Å². The fraction of sp³-hybridized carbons (Fsp3) is 0.333. The molecule has 0 aliphatic carbocycles. The largest absolute Gasteiger partial charge is 0.376 e. The van der Waals surface area contributed by atoms with E-state index in [0.29, 0.717) is 5.02 Å². The van der Waals surface area contributed by atoms with Crippen LogP contribution < -0.4 is 5.32 Å². The predicted octanol–water partition coefficient (Wildman–Crippen LogP) is 4.33. The van der Waals surface area contributed by atoms with Gasteiger partial charge in [0.15, 0.2) is 0 Å². The molecule has 122 valence electrons. The molecule has 0 fully saturated rings. The molecule has 0 radical (unpaired) electrons. The van der Waals surface area contributed by atoms with Gasteiger partial charge in [-0.05, 0) is 51.8 Å². The number of hydrogen-bond acceptors (Lipinski definition) is 3. The monoisotopic (exact) mass is 331 g/mol. The average Bonchev–Trinajstić information content (AvgIpc) is 2.76. The maximum absolute atomic E-state index is 12.5. The predicted molar refractivity (Wildman–Crippen MR) is 95.5 cm³/mol. The van der Waals surface area contributed by atoms with Crippen LogP contribution in [0.1, 0.15) is 34.2 Å². The topological polar surface area (TPSA) is 46.9 Å². The number of benzene rings is 1. The second-order valence-corrected chi connectivity index (χ2v) is 6.26. The van der Waals surface area contributed by atoms with Crippen LogP contribution in [0.4, 0.5) is 5.69 Å². The number of hydrogen-bond donors (Lipinski definition) is 1. The molecule has 0 bridgehead atoms. The van der Waals surface area contributed by atoms with Gasteiger partial charge in [0, 0.05) is 22.0 Å². The van der Waals surface area contributed by atoms with Crippen LogP contribution in [0.3, 0.4) is 0 Å². The summed E-state index contributed by atoms with van der Waals surface area (Å²) in [4.78, 5) is 12.5. The van der Waals surface area contributed by atoms with Gasteiger partial charge >= 0.3 is 0 Å². The second kappa shape index (κ2) is 7.01. The molecular weight excluding hydrogens is 310 g/mol. The number of halogens is 1. The van der Waals surface area contributed by atoms with Gasteiger partial charge in [0.25, 0.3) is 5.91 Å². The molecule has 0 aliphatic heterocycles. The van der Waals surface area contributed by atoms with Crippen molar-refractivity contribution in [3.05, 3.63) is 57.9 Å². The van der Waals surface area contributed by atoms with Crippen LogP contribution in [0, 0.1) is 20.8 Å². The third-order valence-electron chi connectivity index (χ3n) is 3.85. The Morgan fingerprint density at radius 1 is 1.35 bits per heavy atom. The van der Waals surface area contributed by atoms with E-state index in [4.69, 9.17) is 11.6 Å². The highest BCUT2D eigenvalue weighted by atomic mass is 35.5. The van der Waals surface area contributed by atoms with Gasteiger partial charge in [-0.15, -0.1) is 0 Å². The van der Waals surface area contributed by atoms with Crippen molar-refractivity contribution in [3.8, 4) is 0 Å². The van der Waals surface area contributed by atoms with Gasteiger partial charge in [-0.1, -0.05) is 29.8 Å². The highest BCUT2D eigenvalue weighted by Gasteiger charge is 2.16. The van der Waals surface area contributed by atoms with Crippen molar-refractivity contribution in [2.24, 2.45) is 0 Å². The van der Waals surface area contributed by atoms with E-state index in [1.807, 2.05) is 45.9 Å². The lowest BCUT2D eigenvalue weighted by Gasteiger charge is -2.10. The van der Waals surface area contributed by atoms with Gasteiger partial charge in [-0.2, -0.15) is 5.10 Å². The Labute approximate surface area is 142 Å². The Morgan fingerprint density at radius 2 is 2.04 bits per heavy atom. The molecule has 0 saturated carbocycles. The number of carbonyl (C=O) groups is 1. The SMILES string of the molecule is C=C(C)Cc1c(C)nn(C(=O)CNc2cccc(Cl)c2C)c1C. The van der Waals surface area contributed by atoms with E-state index < -0.39 is 0 Å². The minimum atomic E-state index is -0.0991. The number of aryl methyl sites for hydroxylation is 1. The van der Waals surface area contributed by atoms with Gasteiger partial charge in [0.05, 0.1) is 12.2 Å². The summed E-state index contributed by atoms with van der Waals surface area (Å²) in [5, 5.41) is 8.19. The average molecular weight is 332 g/mol. The van der Waals surface area contributed by atoms with Crippen LogP contribution in [0.2, 0.25) is 5.02 Å². The van der Waals surface area contributed by atoms with Crippen LogP contribution in [-0.2, 0) is 6.42 Å². The molecule has 4 nitrogen and oxygen atoms in total. The zero-order valence-corrected chi connectivity index (χ0v) is 14.8. The molecule has 23 heavy (non-hydrogen) atoms. The lowest BCUT2D eigenvalue weighted by molar-refractivity contribution is 0.0910. The molecule has 1 N–H and O–H groups in total. The minimum absolute atomic E-state index is 0.0991. The Morgan fingerprint density at radius 3 is 2.70 bits per heavy atom. The van der Waals surface area contributed by atoms with Crippen LogP contribution >= 0.6 is 11.6 Å². The van der Waals surface area contributed by atoms with Gasteiger partial charge in [0.1, 0.15) is 0 Å². The molecule has 1 heterocycles. The minimum Gasteiger partial charge on any atom is -0.376 e. The molecule has 5 heteroatoms. The molecule has 0 spiro atoms. The van der Waals surface area contributed by atoms with Crippen molar-refractivity contribution in [3.63, 3.8) is 0 Å². The van der Waals surface area contributed by atoms with E-state index in [2.05, 4.69) is 17.0 Å². The summed E-state index contributed by atoms with van der Waals surface area (Å²) in [7, 11) is 0.